The van der Waals surface area contributed by atoms with Crippen molar-refractivity contribution in [2.45, 2.75) is 26.3 Å². The summed E-state index contributed by atoms with van der Waals surface area (Å²) in [5.74, 6) is 6.30. The zero-order valence-electron chi connectivity index (χ0n) is 6.92. The molecule has 3 heteroatoms. The van der Waals surface area contributed by atoms with Gasteiger partial charge in [0, 0.05) is 18.0 Å². The van der Waals surface area contributed by atoms with Gasteiger partial charge in [0.25, 0.3) is 0 Å². The number of nitrogens with one attached hydrogen (secondary N) is 1. The maximum absolute atomic E-state index is 5.30. The Labute approximate surface area is 66.5 Å². The van der Waals surface area contributed by atoms with Gasteiger partial charge in [0.1, 0.15) is 5.76 Å². The molecule has 1 aromatic rings. The highest BCUT2D eigenvalue weighted by molar-refractivity contribution is 5.20. The van der Waals surface area contributed by atoms with E-state index in [0.29, 0.717) is 0 Å². The largest absolute Gasteiger partial charge is 0.469 e. The molecule has 0 aliphatic heterocycles. The summed E-state index contributed by atoms with van der Waals surface area (Å²) in [5.41, 5.74) is 3.83. The van der Waals surface area contributed by atoms with Crippen LogP contribution >= 0.6 is 0 Å². The third kappa shape index (κ3) is 1.61. The van der Waals surface area contributed by atoms with Crippen LogP contribution < -0.4 is 11.3 Å². The van der Waals surface area contributed by atoms with Crippen LogP contribution in [0.5, 0.6) is 0 Å². The normalized spacial score (nSPS) is 13.4. The number of nitrogens with two attached hydrogens (primary N) is 1. The molecule has 0 aliphatic rings. The lowest BCUT2D eigenvalue weighted by Gasteiger charge is -2.08. The first kappa shape index (κ1) is 8.30. The van der Waals surface area contributed by atoms with E-state index in [2.05, 4.69) is 12.3 Å². The van der Waals surface area contributed by atoms with E-state index in [-0.39, 0.29) is 6.04 Å². The number of furan rings is 1. The first-order chi connectivity index (χ1) is 5.29. The fourth-order valence-corrected chi connectivity index (χ4v) is 1.11. The van der Waals surface area contributed by atoms with Gasteiger partial charge in [0.2, 0.25) is 0 Å². The van der Waals surface area contributed by atoms with Gasteiger partial charge in [-0.1, -0.05) is 6.92 Å². The summed E-state index contributed by atoms with van der Waals surface area (Å²) in [4.78, 5) is 0. The van der Waals surface area contributed by atoms with Gasteiger partial charge in [-0.15, -0.1) is 0 Å². The molecule has 0 spiro atoms. The third-order valence-electron chi connectivity index (χ3n) is 1.82. The molecule has 11 heavy (non-hydrogen) atoms. The summed E-state index contributed by atoms with van der Waals surface area (Å²) < 4.78 is 5.24. The molecule has 62 valence electrons. The molecule has 3 N–H and O–H groups in total. The quantitative estimate of drug-likeness (QED) is 0.510. The minimum Gasteiger partial charge on any atom is -0.469 e. The Kier molecular flexibility index (Phi) is 2.68. The van der Waals surface area contributed by atoms with E-state index in [1.165, 1.54) is 0 Å². The van der Waals surface area contributed by atoms with Crippen LogP contribution in [0.3, 0.4) is 0 Å². The third-order valence-corrected chi connectivity index (χ3v) is 1.82. The summed E-state index contributed by atoms with van der Waals surface area (Å²) in [6.45, 7) is 4.07. The monoisotopic (exact) mass is 154 g/mol. The summed E-state index contributed by atoms with van der Waals surface area (Å²) >= 11 is 0. The molecule has 1 aromatic heterocycles. The molecular formula is C8H14N2O. The van der Waals surface area contributed by atoms with E-state index >= 15 is 0 Å². The molecule has 0 amide bonds. The fraction of sp³-hybridized carbons (Fsp3) is 0.500. The minimum absolute atomic E-state index is 0.170. The summed E-state index contributed by atoms with van der Waals surface area (Å²) in [7, 11) is 0. The smallest absolute Gasteiger partial charge is 0.108 e. The summed E-state index contributed by atoms with van der Waals surface area (Å²) in [6.07, 6.45) is 2.61. The Bertz CT molecular complexity index is 220. The van der Waals surface area contributed by atoms with Crippen molar-refractivity contribution in [3.05, 3.63) is 23.7 Å². The van der Waals surface area contributed by atoms with Gasteiger partial charge in [-0.25, -0.2) is 0 Å². The average Bonchev–Trinajstić information content (AvgIpc) is 2.50. The second-order valence-electron chi connectivity index (χ2n) is 2.54. The maximum atomic E-state index is 5.30. The van der Waals surface area contributed by atoms with Crippen LogP contribution in [0, 0.1) is 0 Å². The van der Waals surface area contributed by atoms with Crippen LogP contribution in [0.2, 0.25) is 0 Å². The van der Waals surface area contributed by atoms with E-state index in [1.54, 1.807) is 6.26 Å². The van der Waals surface area contributed by atoms with Crippen molar-refractivity contribution in [1.29, 1.82) is 0 Å². The molecule has 0 aromatic carbocycles. The fourth-order valence-electron chi connectivity index (χ4n) is 1.11. The molecule has 0 saturated heterocycles. The topological polar surface area (TPSA) is 51.2 Å². The lowest BCUT2D eigenvalue weighted by atomic mass is 10.1. The number of rotatable bonds is 3. The molecule has 0 radical (unpaired) electrons. The van der Waals surface area contributed by atoms with Crippen molar-refractivity contribution < 1.29 is 4.42 Å². The van der Waals surface area contributed by atoms with Crippen LogP contribution in [0.1, 0.15) is 31.2 Å². The minimum atomic E-state index is 0.170. The number of hydrogen-bond acceptors (Lipinski definition) is 3. The van der Waals surface area contributed by atoms with Gasteiger partial charge in [0.15, 0.2) is 0 Å². The van der Waals surface area contributed by atoms with E-state index < -0.39 is 0 Å². The van der Waals surface area contributed by atoms with E-state index in [1.807, 2.05) is 13.0 Å². The highest BCUT2D eigenvalue weighted by Crippen LogP contribution is 2.18. The molecule has 1 unspecified atom stereocenters. The molecular weight excluding hydrogens is 140 g/mol. The zero-order valence-corrected chi connectivity index (χ0v) is 6.92. The van der Waals surface area contributed by atoms with Gasteiger partial charge >= 0.3 is 0 Å². The molecule has 3 nitrogen and oxygen atoms in total. The lowest BCUT2D eigenvalue weighted by Crippen LogP contribution is -2.25. The van der Waals surface area contributed by atoms with E-state index in [0.717, 1.165) is 17.7 Å². The second kappa shape index (κ2) is 3.55. The second-order valence-corrected chi connectivity index (χ2v) is 2.54. The van der Waals surface area contributed by atoms with Crippen LogP contribution in [-0.2, 0) is 6.42 Å². The maximum Gasteiger partial charge on any atom is 0.108 e. The Morgan fingerprint density at radius 1 is 1.73 bits per heavy atom. The number of hydrogen-bond donors (Lipinski definition) is 2. The molecule has 1 atom stereocenters. The number of hydrazine groups is 1. The van der Waals surface area contributed by atoms with E-state index in [9.17, 15) is 0 Å². The van der Waals surface area contributed by atoms with Gasteiger partial charge < -0.3 is 4.42 Å². The van der Waals surface area contributed by atoms with Gasteiger partial charge in [0.05, 0.1) is 6.26 Å². The van der Waals surface area contributed by atoms with Crippen LogP contribution in [0.4, 0.5) is 0 Å². The lowest BCUT2D eigenvalue weighted by molar-refractivity contribution is 0.497. The van der Waals surface area contributed by atoms with Crippen molar-refractivity contribution in [2.24, 2.45) is 5.84 Å². The van der Waals surface area contributed by atoms with Crippen LogP contribution in [-0.4, -0.2) is 0 Å². The van der Waals surface area contributed by atoms with Crippen molar-refractivity contribution in [1.82, 2.24) is 5.43 Å². The Hall–Kier alpha value is -0.800. The van der Waals surface area contributed by atoms with E-state index in [4.69, 9.17) is 10.3 Å². The van der Waals surface area contributed by atoms with Gasteiger partial charge in [-0.3, -0.25) is 11.3 Å². The molecule has 0 fully saturated rings. The molecule has 0 saturated carbocycles. The van der Waals surface area contributed by atoms with Crippen molar-refractivity contribution in [2.75, 3.05) is 0 Å². The number of aryl methyl sites for hydroxylation is 1. The first-order valence-corrected chi connectivity index (χ1v) is 3.82. The Morgan fingerprint density at radius 2 is 2.45 bits per heavy atom. The zero-order chi connectivity index (χ0) is 8.27. The Balaban J connectivity index is 2.83. The molecule has 0 aliphatic carbocycles. The standard InChI is InChI=1S/C8H14N2O/c1-3-8-7(4-5-11-8)6(2)10-9/h4-6,10H,3,9H2,1-2H3. The van der Waals surface area contributed by atoms with Crippen LogP contribution in [0.15, 0.2) is 16.7 Å². The predicted octanol–water partition coefficient (Wildman–Crippen LogP) is 1.37. The SMILES string of the molecule is CCc1occc1C(C)NN. The summed E-state index contributed by atoms with van der Waals surface area (Å²) in [6, 6.07) is 2.12. The highest BCUT2D eigenvalue weighted by atomic mass is 16.3. The average molecular weight is 154 g/mol. The van der Waals surface area contributed by atoms with Gasteiger partial charge in [-0.05, 0) is 13.0 Å². The van der Waals surface area contributed by atoms with Crippen molar-refractivity contribution >= 4 is 0 Å². The summed E-state index contributed by atoms with van der Waals surface area (Å²) in [5, 5.41) is 0. The predicted molar refractivity (Wildman–Crippen MR) is 43.8 cm³/mol. The van der Waals surface area contributed by atoms with Crippen molar-refractivity contribution in [3.63, 3.8) is 0 Å². The van der Waals surface area contributed by atoms with Crippen LogP contribution in [0.25, 0.3) is 0 Å². The molecule has 0 bridgehead atoms. The highest BCUT2D eigenvalue weighted by Gasteiger charge is 2.09. The molecule has 1 heterocycles. The molecule has 1 rings (SSSR count). The van der Waals surface area contributed by atoms with Crippen molar-refractivity contribution in [3.8, 4) is 0 Å². The first-order valence-electron chi connectivity index (χ1n) is 3.82. The Morgan fingerprint density at radius 3 is 3.00 bits per heavy atom. The van der Waals surface area contributed by atoms with Gasteiger partial charge in [-0.2, -0.15) is 0 Å².